The first-order valence-corrected chi connectivity index (χ1v) is 6.88. The van der Waals surface area contributed by atoms with Crippen molar-refractivity contribution in [3.05, 3.63) is 28.2 Å². The highest BCUT2D eigenvalue weighted by molar-refractivity contribution is 7.99. The molecule has 2 rings (SSSR count). The number of ether oxygens (including phenoxy) is 1. The second kappa shape index (κ2) is 6.39. The zero-order valence-corrected chi connectivity index (χ0v) is 12.5. The molecule has 0 amide bonds. The van der Waals surface area contributed by atoms with Crippen LogP contribution in [-0.2, 0) is 11.8 Å². The smallest absolute Gasteiger partial charge is 0.396 e. The molecule has 0 saturated heterocycles. The van der Waals surface area contributed by atoms with Gasteiger partial charge in [0.15, 0.2) is 10.2 Å². The summed E-state index contributed by atoms with van der Waals surface area (Å²) in [6.45, 7) is 1.87. The molecule has 0 aliphatic rings. The second-order valence-corrected chi connectivity index (χ2v) is 4.97. The maximum Gasteiger partial charge on any atom is 0.396 e. The Morgan fingerprint density at radius 1 is 1.55 bits per heavy atom. The van der Waals surface area contributed by atoms with Crippen molar-refractivity contribution < 1.29 is 14.5 Å². The Balaban J connectivity index is 2.29. The molecule has 0 atom stereocenters. The molecule has 116 valence electrons. The number of nitro groups is 1. The van der Waals surface area contributed by atoms with Crippen LogP contribution in [0.2, 0.25) is 0 Å². The van der Waals surface area contributed by atoms with Gasteiger partial charge < -0.3 is 25.2 Å². The fourth-order valence-corrected chi connectivity index (χ4v) is 2.36. The van der Waals surface area contributed by atoms with Gasteiger partial charge >= 0.3 is 11.8 Å². The Labute approximate surface area is 128 Å². The van der Waals surface area contributed by atoms with Crippen LogP contribution in [0.4, 0.5) is 11.6 Å². The average molecular weight is 324 g/mol. The van der Waals surface area contributed by atoms with Crippen LogP contribution < -0.4 is 5.73 Å². The third-order valence-corrected chi connectivity index (χ3v) is 3.56. The van der Waals surface area contributed by atoms with Gasteiger partial charge in [0.05, 0.1) is 6.61 Å². The lowest BCUT2D eigenvalue weighted by atomic mass is 10.3. The molecule has 11 heteroatoms. The number of nitrogens with zero attached hydrogens (tertiary/aromatic N) is 5. The number of nitrogen functional groups attached to an aromatic ring is 1. The van der Waals surface area contributed by atoms with Crippen molar-refractivity contribution in [3.63, 3.8) is 0 Å². The number of hydrogen-bond acceptors (Lipinski definition) is 9. The minimum Gasteiger partial charge on any atom is -0.462 e. The quantitative estimate of drug-likeness (QED) is 0.369. The van der Waals surface area contributed by atoms with E-state index in [-0.39, 0.29) is 34.0 Å². The van der Waals surface area contributed by atoms with Crippen LogP contribution in [0.25, 0.3) is 0 Å². The first kappa shape index (κ1) is 15.7. The first-order chi connectivity index (χ1) is 10.4. The Bertz CT molecular complexity index is 731. The number of imidazole rings is 1. The van der Waals surface area contributed by atoms with E-state index in [4.69, 9.17) is 10.5 Å². The highest BCUT2D eigenvalue weighted by Gasteiger charge is 2.23. The maximum absolute atomic E-state index is 11.6. The zero-order valence-electron chi connectivity index (χ0n) is 11.7. The van der Waals surface area contributed by atoms with E-state index in [0.717, 1.165) is 11.8 Å². The summed E-state index contributed by atoms with van der Waals surface area (Å²) in [7, 11) is 1.61. The normalized spacial score (nSPS) is 10.5. The van der Waals surface area contributed by atoms with Gasteiger partial charge in [0, 0.05) is 13.2 Å². The summed E-state index contributed by atoms with van der Waals surface area (Å²) in [6, 6.07) is 0. The predicted octanol–water partition coefficient (Wildman–Crippen LogP) is 1.03. The standard InChI is InChI=1S/C11H12N6O4S/c1-3-21-10(18)6-4-13-11(15-7(6)12)22-9-8(17(19)20)14-5-16(9)2/h4-5H,3H2,1-2H3,(H2,12,13,15). The van der Waals surface area contributed by atoms with E-state index in [9.17, 15) is 14.9 Å². The van der Waals surface area contributed by atoms with Crippen molar-refractivity contribution in [1.82, 2.24) is 19.5 Å². The molecule has 0 aliphatic carbocycles. The summed E-state index contributed by atoms with van der Waals surface area (Å²) >= 11 is 0.928. The number of hydrogen-bond donors (Lipinski definition) is 1. The minimum absolute atomic E-state index is 0.0469. The molecule has 0 radical (unpaired) electrons. The van der Waals surface area contributed by atoms with E-state index in [2.05, 4.69) is 15.0 Å². The fourth-order valence-electron chi connectivity index (χ4n) is 1.53. The van der Waals surface area contributed by atoms with Crippen LogP contribution in [0.5, 0.6) is 0 Å². The third-order valence-electron chi connectivity index (χ3n) is 2.52. The van der Waals surface area contributed by atoms with E-state index in [0.29, 0.717) is 0 Å². The van der Waals surface area contributed by atoms with Crippen LogP contribution in [-0.4, -0.2) is 37.0 Å². The fraction of sp³-hybridized carbons (Fsp3) is 0.273. The van der Waals surface area contributed by atoms with Crippen LogP contribution in [0.1, 0.15) is 17.3 Å². The molecule has 0 unspecified atom stereocenters. The maximum atomic E-state index is 11.6. The second-order valence-electron chi connectivity index (χ2n) is 4.02. The van der Waals surface area contributed by atoms with Gasteiger partial charge in [-0.3, -0.25) is 0 Å². The van der Waals surface area contributed by atoms with Crippen molar-refractivity contribution in [1.29, 1.82) is 0 Å². The molecule has 0 spiro atoms. The number of esters is 1. The molecule has 10 nitrogen and oxygen atoms in total. The van der Waals surface area contributed by atoms with Crippen LogP contribution >= 0.6 is 11.8 Å². The van der Waals surface area contributed by atoms with Crippen molar-refractivity contribution in [2.45, 2.75) is 17.1 Å². The van der Waals surface area contributed by atoms with Gasteiger partial charge in [-0.2, -0.15) is 0 Å². The number of nitrogens with two attached hydrogens (primary N) is 1. The lowest BCUT2D eigenvalue weighted by molar-refractivity contribution is -0.392. The van der Waals surface area contributed by atoms with E-state index >= 15 is 0 Å². The first-order valence-electron chi connectivity index (χ1n) is 6.07. The van der Waals surface area contributed by atoms with Crippen molar-refractivity contribution in [2.75, 3.05) is 12.3 Å². The number of carbonyl (C=O) groups is 1. The molecular weight excluding hydrogens is 312 g/mol. The molecule has 2 heterocycles. The topological polar surface area (TPSA) is 139 Å². The van der Waals surface area contributed by atoms with Crippen LogP contribution in [0.3, 0.4) is 0 Å². The van der Waals surface area contributed by atoms with Crippen molar-refractivity contribution in [3.8, 4) is 0 Å². The molecule has 2 N–H and O–H groups in total. The Kier molecular flexibility index (Phi) is 4.56. The number of anilines is 1. The molecule has 2 aromatic heterocycles. The lowest BCUT2D eigenvalue weighted by Crippen LogP contribution is -2.10. The summed E-state index contributed by atoms with van der Waals surface area (Å²) in [6.07, 6.45) is 2.54. The average Bonchev–Trinajstić information content (AvgIpc) is 2.81. The van der Waals surface area contributed by atoms with Gasteiger partial charge in [-0.05, 0) is 28.6 Å². The molecular formula is C11H12N6O4S. The van der Waals surface area contributed by atoms with E-state index in [1.54, 1.807) is 14.0 Å². The van der Waals surface area contributed by atoms with Gasteiger partial charge in [-0.15, -0.1) is 0 Å². The van der Waals surface area contributed by atoms with E-state index < -0.39 is 10.9 Å². The van der Waals surface area contributed by atoms with E-state index in [1.807, 2.05) is 0 Å². The van der Waals surface area contributed by atoms with E-state index in [1.165, 1.54) is 17.1 Å². The zero-order chi connectivity index (χ0) is 16.3. The largest absolute Gasteiger partial charge is 0.462 e. The highest BCUT2D eigenvalue weighted by Crippen LogP contribution is 2.31. The Morgan fingerprint density at radius 2 is 2.27 bits per heavy atom. The summed E-state index contributed by atoms with van der Waals surface area (Å²) in [4.78, 5) is 33.5. The third kappa shape index (κ3) is 3.14. The van der Waals surface area contributed by atoms with Crippen molar-refractivity contribution >= 4 is 29.4 Å². The minimum atomic E-state index is -0.622. The molecule has 0 saturated carbocycles. The van der Waals surface area contributed by atoms with Gasteiger partial charge in [0.1, 0.15) is 11.4 Å². The number of aryl methyl sites for hydroxylation is 1. The molecule has 22 heavy (non-hydrogen) atoms. The summed E-state index contributed by atoms with van der Waals surface area (Å²) in [5.41, 5.74) is 5.74. The molecule has 2 aromatic rings. The molecule has 0 bridgehead atoms. The number of carbonyl (C=O) groups excluding carboxylic acids is 1. The predicted molar refractivity (Wildman–Crippen MR) is 76.4 cm³/mol. The van der Waals surface area contributed by atoms with Gasteiger partial charge in [-0.1, -0.05) is 0 Å². The molecule has 0 fully saturated rings. The SMILES string of the molecule is CCOC(=O)c1cnc(Sc2c([N+](=O)[O-])ncn2C)nc1N. The van der Waals surface area contributed by atoms with Crippen LogP contribution in [0.15, 0.2) is 22.7 Å². The number of rotatable bonds is 5. The summed E-state index contributed by atoms with van der Waals surface area (Å²) in [5.74, 6) is -0.979. The van der Waals surface area contributed by atoms with Crippen LogP contribution in [0, 0.1) is 10.1 Å². The van der Waals surface area contributed by atoms with Gasteiger partial charge in [0.25, 0.3) is 0 Å². The highest BCUT2D eigenvalue weighted by atomic mass is 32.2. The van der Waals surface area contributed by atoms with Gasteiger partial charge in [-0.25, -0.2) is 14.8 Å². The van der Waals surface area contributed by atoms with Gasteiger partial charge in [0.2, 0.25) is 6.33 Å². The Hall–Kier alpha value is -2.69. The molecule has 0 aromatic carbocycles. The summed E-state index contributed by atoms with van der Waals surface area (Å²) in [5, 5.41) is 11.3. The molecule has 0 aliphatic heterocycles. The lowest BCUT2D eigenvalue weighted by Gasteiger charge is -2.06. The van der Waals surface area contributed by atoms with Crippen molar-refractivity contribution in [2.24, 2.45) is 7.05 Å². The Morgan fingerprint density at radius 3 is 2.86 bits per heavy atom. The number of aromatic nitrogens is 4. The summed E-state index contributed by atoms with van der Waals surface area (Å²) < 4.78 is 6.29. The monoisotopic (exact) mass is 324 g/mol.